The zero-order valence-corrected chi connectivity index (χ0v) is 14.2. The minimum atomic E-state index is 0.121. The fourth-order valence-electron chi connectivity index (χ4n) is 2.82. The van der Waals surface area contributed by atoms with E-state index in [0.29, 0.717) is 25.4 Å². The van der Waals surface area contributed by atoms with Gasteiger partial charge in [0.15, 0.2) is 0 Å². The lowest BCUT2D eigenvalue weighted by molar-refractivity contribution is -0.122. The van der Waals surface area contributed by atoms with Crippen molar-refractivity contribution in [1.82, 2.24) is 10.2 Å². The van der Waals surface area contributed by atoms with Gasteiger partial charge in [-0.05, 0) is 37.8 Å². The molecule has 0 radical (unpaired) electrons. The lowest BCUT2D eigenvalue weighted by Crippen LogP contribution is -2.46. The fourth-order valence-corrected chi connectivity index (χ4v) is 2.82. The molecule has 5 nitrogen and oxygen atoms in total. The summed E-state index contributed by atoms with van der Waals surface area (Å²) in [7, 11) is 2.08. The highest BCUT2D eigenvalue weighted by atomic mass is 16.5. The molecule has 0 aromatic rings. The molecule has 0 aliphatic carbocycles. The molecule has 1 heterocycles. The number of carbonyl (C=O) groups excluding carboxylic acids is 1. The number of nitrogens with one attached hydrogen (secondary N) is 1. The van der Waals surface area contributed by atoms with Crippen LogP contribution in [0.4, 0.5) is 0 Å². The average molecular weight is 299 g/mol. The standard InChI is InChI=1S/C16H33N3O2/c1-16(2,3)13(7-8-17)5-6-15(20)18-11-14-12-19(4)9-10-21-14/h13-14H,5-12,17H2,1-4H3,(H,18,20). The Balaban J connectivity index is 2.26. The number of rotatable bonds is 7. The zero-order chi connectivity index (χ0) is 15.9. The molecule has 0 aromatic carbocycles. The van der Waals surface area contributed by atoms with Gasteiger partial charge in [0.25, 0.3) is 0 Å². The molecule has 0 aromatic heterocycles. The van der Waals surface area contributed by atoms with Crippen molar-refractivity contribution >= 4 is 5.91 Å². The second-order valence-electron chi connectivity index (χ2n) is 7.24. The van der Waals surface area contributed by atoms with Gasteiger partial charge in [0.2, 0.25) is 5.91 Å². The predicted molar refractivity (Wildman–Crippen MR) is 86.1 cm³/mol. The molecule has 2 atom stereocenters. The van der Waals surface area contributed by atoms with Crippen LogP contribution >= 0.6 is 0 Å². The van der Waals surface area contributed by atoms with E-state index in [1.807, 2.05) is 0 Å². The number of nitrogens with two attached hydrogens (primary N) is 1. The summed E-state index contributed by atoms with van der Waals surface area (Å²) in [6.45, 7) is 10.6. The normalized spacial score (nSPS) is 22.0. The van der Waals surface area contributed by atoms with Crippen molar-refractivity contribution in [2.75, 3.05) is 39.8 Å². The molecule has 1 fully saturated rings. The molecule has 1 aliphatic rings. The van der Waals surface area contributed by atoms with Gasteiger partial charge in [-0.2, -0.15) is 0 Å². The second-order valence-corrected chi connectivity index (χ2v) is 7.24. The highest BCUT2D eigenvalue weighted by Gasteiger charge is 2.24. The Morgan fingerprint density at radius 3 is 2.71 bits per heavy atom. The van der Waals surface area contributed by atoms with Gasteiger partial charge < -0.3 is 20.7 Å². The van der Waals surface area contributed by atoms with Gasteiger partial charge in [0, 0.05) is 26.1 Å². The molecule has 21 heavy (non-hydrogen) atoms. The minimum absolute atomic E-state index is 0.121. The molecule has 0 spiro atoms. The van der Waals surface area contributed by atoms with Crippen molar-refractivity contribution in [2.45, 2.75) is 46.1 Å². The summed E-state index contributed by atoms with van der Waals surface area (Å²) in [4.78, 5) is 14.2. The number of likely N-dealkylation sites (N-methyl/N-ethyl adjacent to an activating group) is 1. The van der Waals surface area contributed by atoms with Crippen LogP contribution in [0.1, 0.15) is 40.0 Å². The summed E-state index contributed by atoms with van der Waals surface area (Å²) in [6.07, 6.45) is 2.57. The van der Waals surface area contributed by atoms with Gasteiger partial charge in [-0.25, -0.2) is 0 Å². The number of nitrogens with zero attached hydrogens (tertiary/aromatic N) is 1. The maximum atomic E-state index is 12.0. The predicted octanol–water partition coefficient (Wildman–Crippen LogP) is 1.22. The topological polar surface area (TPSA) is 67.6 Å². The zero-order valence-electron chi connectivity index (χ0n) is 14.2. The monoisotopic (exact) mass is 299 g/mol. The van der Waals surface area contributed by atoms with Crippen molar-refractivity contribution < 1.29 is 9.53 Å². The molecule has 1 aliphatic heterocycles. The van der Waals surface area contributed by atoms with Gasteiger partial charge in [-0.1, -0.05) is 20.8 Å². The van der Waals surface area contributed by atoms with Crippen molar-refractivity contribution in [2.24, 2.45) is 17.1 Å². The Kier molecular flexibility index (Phi) is 7.63. The average Bonchev–Trinajstić information content (AvgIpc) is 2.40. The molecule has 1 saturated heterocycles. The molecule has 0 saturated carbocycles. The number of hydrogen-bond donors (Lipinski definition) is 2. The molecule has 5 heteroatoms. The van der Waals surface area contributed by atoms with E-state index in [4.69, 9.17) is 10.5 Å². The molecule has 3 N–H and O–H groups in total. The van der Waals surface area contributed by atoms with Gasteiger partial charge in [-0.15, -0.1) is 0 Å². The van der Waals surface area contributed by atoms with E-state index >= 15 is 0 Å². The van der Waals surface area contributed by atoms with E-state index in [1.54, 1.807) is 0 Å². The van der Waals surface area contributed by atoms with Gasteiger partial charge in [-0.3, -0.25) is 4.79 Å². The summed E-state index contributed by atoms with van der Waals surface area (Å²) in [6, 6.07) is 0. The molecule has 1 amide bonds. The van der Waals surface area contributed by atoms with Gasteiger partial charge in [0.05, 0.1) is 12.7 Å². The third-order valence-electron chi connectivity index (χ3n) is 4.33. The van der Waals surface area contributed by atoms with Crippen molar-refractivity contribution in [3.63, 3.8) is 0 Å². The first-order chi connectivity index (χ1) is 9.82. The maximum Gasteiger partial charge on any atom is 0.220 e. The Hall–Kier alpha value is -0.650. The number of morpholine rings is 1. The number of carbonyl (C=O) groups is 1. The summed E-state index contributed by atoms with van der Waals surface area (Å²) >= 11 is 0. The van der Waals surface area contributed by atoms with Crippen LogP contribution in [-0.2, 0) is 9.53 Å². The molecular formula is C16H33N3O2. The first-order valence-corrected chi connectivity index (χ1v) is 8.10. The number of hydrogen-bond acceptors (Lipinski definition) is 4. The molecule has 1 rings (SSSR count). The van der Waals surface area contributed by atoms with Crippen LogP contribution in [0.3, 0.4) is 0 Å². The largest absolute Gasteiger partial charge is 0.374 e. The van der Waals surface area contributed by atoms with E-state index in [2.05, 4.69) is 38.0 Å². The first kappa shape index (κ1) is 18.4. The van der Waals surface area contributed by atoms with E-state index in [9.17, 15) is 4.79 Å². The van der Waals surface area contributed by atoms with Crippen LogP contribution in [0.2, 0.25) is 0 Å². The summed E-state index contributed by atoms with van der Waals surface area (Å²) < 4.78 is 5.64. The molecule has 0 bridgehead atoms. The molecular weight excluding hydrogens is 266 g/mol. The van der Waals surface area contributed by atoms with Crippen LogP contribution < -0.4 is 11.1 Å². The smallest absolute Gasteiger partial charge is 0.220 e. The Morgan fingerprint density at radius 1 is 1.43 bits per heavy atom. The van der Waals surface area contributed by atoms with Crippen molar-refractivity contribution in [3.05, 3.63) is 0 Å². The van der Waals surface area contributed by atoms with Crippen LogP contribution in [-0.4, -0.2) is 56.7 Å². The van der Waals surface area contributed by atoms with Crippen LogP contribution in [0.15, 0.2) is 0 Å². The fraction of sp³-hybridized carbons (Fsp3) is 0.938. The highest BCUT2D eigenvalue weighted by Crippen LogP contribution is 2.31. The number of amides is 1. The lowest BCUT2D eigenvalue weighted by atomic mass is 9.76. The Morgan fingerprint density at radius 2 is 2.14 bits per heavy atom. The summed E-state index contributed by atoms with van der Waals surface area (Å²) in [5, 5.41) is 3.00. The van der Waals surface area contributed by atoms with Crippen LogP contribution in [0, 0.1) is 11.3 Å². The SMILES string of the molecule is CN1CCOC(CNC(=O)CCC(CCN)C(C)(C)C)C1. The molecule has 124 valence electrons. The lowest BCUT2D eigenvalue weighted by Gasteiger charge is -2.31. The first-order valence-electron chi connectivity index (χ1n) is 8.10. The summed E-state index contributed by atoms with van der Waals surface area (Å²) in [5.74, 6) is 0.614. The Bertz CT molecular complexity index is 315. The van der Waals surface area contributed by atoms with Crippen LogP contribution in [0.5, 0.6) is 0 Å². The third kappa shape index (κ3) is 7.25. The van der Waals surface area contributed by atoms with E-state index < -0.39 is 0 Å². The van der Waals surface area contributed by atoms with Gasteiger partial charge in [0.1, 0.15) is 0 Å². The third-order valence-corrected chi connectivity index (χ3v) is 4.33. The van der Waals surface area contributed by atoms with E-state index in [-0.39, 0.29) is 17.4 Å². The highest BCUT2D eigenvalue weighted by molar-refractivity contribution is 5.75. The number of ether oxygens (including phenoxy) is 1. The Labute approximate surface area is 129 Å². The maximum absolute atomic E-state index is 12.0. The van der Waals surface area contributed by atoms with Crippen molar-refractivity contribution in [1.29, 1.82) is 0 Å². The second kappa shape index (κ2) is 8.71. The molecule has 2 unspecified atom stereocenters. The van der Waals surface area contributed by atoms with E-state index in [0.717, 1.165) is 32.5 Å². The quantitative estimate of drug-likeness (QED) is 0.742. The van der Waals surface area contributed by atoms with Crippen LogP contribution in [0.25, 0.3) is 0 Å². The van der Waals surface area contributed by atoms with E-state index in [1.165, 1.54) is 0 Å². The van der Waals surface area contributed by atoms with Crippen molar-refractivity contribution in [3.8, 4) is 0 Å². The minimum Gasteiger partial charge on any atom is -0.374 e. The van der Waals surface area contributed by atoms with Gasteiger partial charge >= 0.3 is 0 Å². The summed E-state index contributed by atoms with van der Waals surface area (Å²) in [5.41, 5.74) is 5.88.